The van der Waals surface area contributed by atoms with Crippen LogP contribution in [0.2, 0.25) is 0 Å². The van der Waals surface area contributed by atoms with Gasteiger partial charge in [0.1, 0.15) is 0 Å². The molecule has 0 heterocycles. The Morgan fingerprint density at radius 1 is 1.06 bits per heavy atom. The Morgan fingerprint density at radius 2 is 1.38 bits per heavy atom. The number of rotatable bonds is 5. The SMILES string of the molecule is COC(=O)CC(O)(CC(=O)OC)C(=O)O.Cl. The summed E-state index contributed by atoms with van der Waals surface area (Å²) in [6.07, 6.45) is -1.62. The number of aliphatic carboxylic acids is 1. The summed E-state index contributed by atoms with van der Waals surface area (Å²) < 4.78 is 8.39. The van der Waals surface area contributed by atoms with E-state index >= 15 is 0 Å². The molecule has 0 aromatic carbocycles. The van der Waals surface area contributed by atoms with E-state index in [2.05, 4.69) is 9.47 Å². The Balaban J connectivity index is 0. The van der Waals surface area contributed by atoms with E-state index in [4.69, 9.17) is 5.11 Å². The lowest BCUT2D eigenvalue weighted by molar-refractivity contribution is -0.171. The van der Waals surface area contributed by atoms with E-state index in [0.717, 1.165) is 14.2 Å². The van der Waals surface area contributed by atoms with E-state index in [9.17, 15) is 19.5 Å². The summed E-state index contributed by atoms with van der Waals surface area (Å²) in [6.45, 7) is 0. The van der Waals surface area contributed by atoms with E-state index in [1.165, 1.54) is 0 Å². The molecule has 0 bridgehead atoms. The first kappa shape index (κ1) is 17.1. The van der Waals surface area contributed by atoms with Crippen LogP contribution in [0.4, 0.5) is 0 Å². The van der Waals surface area contributed by atoms with Gasteiger partial charge in [-0.25, -0.2) is 4.79 Å². The van der Waals surface area contributed by atoms with Crippen LogP contribution in [0.1, 0.15) is 12.8 Å². The smallest absolute Gasteiger partial charge is 0.336 e. The summed E-state index contributed by atoms with van der Waals surface area (Å²) in [7, 11) is 2.09. The first-order valence-electron chi connectivity index (χ1n) is 3.95. The van der Waals surface area contributed by atoms with Crippen LogP contribution in [-0.4, -0.2) is 47.9 Å². The molecule has 0 spiro atoms. The maximum absolute atomic E-state index is 10.8. The number of carboxylic acid groups (broad SMARTS) is 1. The van der Waals surface area contributed by atoms with E-state index in [0.29, 0.717) is 0 Å². The molecule has 2 N–H and O–H groups in total. The second-order valence-corrected chi connectivity index (χ2v) is 2.84. The van der Waals surface area contributed by atoms with Crippen LogP contribution in [-0.2, 0) is 23.9 Å². The maximum Gasteiger partial charge on any atom is 0.336 e. The van der Waals surface area contributed by atoms with E-state index in [-0.39, 0.29) is 12.4 Å². The number of methoxy groups -OCH3 is 2. The molecule has 0 saturated heterocycles. The quantitative estimate of drug-likeness (QED) is 0.629. The van der Waals surface area contributed by atoms with Gasteiger partial charge in [-0.2, -0.15) is 0 Å². The van der Waals surface area contributed by atoms with Gasteiger partial charge < -0.3 is 19.7 Å². The molecular weight excluding hydrogens is 244 g/mol. The molecule has 0 aromatic heterocycles. The summed E-state index contributed by atoms with van der Waals surface area (Å²) in [5.74, 6) is -3.54. The van der Waals surface area contributed by atoms with Crippen molar-refractivity contribution in [3.8, 4) is 0 Å². The normalized spacial score (nSPS) is 9.94. The zero-order valence-corrected chi connectivity index (χ0v) is 9.57. The molecule has 0 atom stereocenters. The van der Waals surface area contributed by atoms with Gasteiger partial charge in [0.25, 0.3) is 0 Å². The van der Waals surface area contributed by atoms with Crippen LogP contribution in [0.25, 0.3) is 0 Å². The Kier molecular flexibility index (Phi) is 7.49. The first-order valence-corrected chi connectivity index (χ1v) is 3.95. The largest absolute Gasteiger partial charge is 0.479 e. The summed E-state index contributed by atoms with van der Waals surface area (Å²) in [5, 5.41) is 18.1. The standard InChI is InChI=1S/C8H12O7.ClH/c1-14-5(9)3-8(13,7(11)12)4-6(10)15-2;/h13H,3-4H2,1-2H3,(H,11,12);1H. The van der Waals surface area contributed by atoms with Crippen molar-refractivity contribution < 1.29 is 34.1 Å². The molecule has 0 unspecified atom stereocenters. The number of hydrogen-bond donors (Lipinski definition) is 2. The lowest BCUT2D eigenvalue weighted by Crippen LogP contribution is -2.43. The first-order chi connectivity index (χ1) is 6.85. The molecule has 0 saturated carbocycles. The third kappa shape index (κ3) is 4.94. The molecule has 0 rings (SSSR count). The van der Waals surface area contributed by atoms with Crippen molar-refractivity contribution >= 4 is 30.3 Å². The molecule has 0 radical (unpaired) electrons. The minimum atomic E-state index is -2.49. The van der Waals surface area contributed by atoms with Crippen LogP contribution in [0.15, 0.2) is 0 Å². The van der Waals surface area contributed by atoms with Gasteiger partial charge in [-0.05, 0) is 0 Å². The van der Waals surface area contributed by atoms with Gasteiger partial charge in [-0.3, -0.25) is 9.59 Å². The van der Waals surface area contributed by atoms with Crippen LogP contribution in [0, 0.1) is 0 Å². The van der Waals surface area contributed by atoms with E-state index in [1.807, 2.05) is 0 Å². The average molecular weight is 257 g/mol. The molecule has 0 aliphatic rings. The van der Waals surface area contributed by atoms with Gasteiger partial charge in [0.15, 0.2) is 5.60 Å². The van der Waals surface area contributed by atoms with Gasteiger partial charge in [-0.15, -0.1) is 12.4 Å². The predicted octanol–water partition coefficient (Wildman–Crippen LogP) is -0.650. The molecule has 0 aromatic rings. The third-order valence-corrected chi connectivity index (χ3v) is 1.73. The number of esters is 2. The molecular formula is C8H13ClO7. The number of hydrogen-bond acceptors (Lipinski definition) is 6. The van der Waals surface area contributed by atoms with Gasteiger partial charge in [-0.1, -0.05) is 0 Å². The van der Waals surface area contributed by atoms with E-state index in [1.54, 1.807) is 0 Å². The highest BCUT2D eigenvalue weighted by Gasteiger charge is 2.41. The molecule has 0 aliphatic heterocycles. The molecule has 8 heteroatoms. The average Bonchev–Trinajstić information content (AvgIpc) is 2.16. The van der Waals surface area contributed by atoms with Crippen molar-refractivity contribution in [3.05, 3.63) is 0 Å². The van der Waals surface area contributed by atoms with Crippen molar-refractivity contribution in [2.24, 2.45) is 0 Å². The lowest BCUT2D eigenvalue weighted by atomic mass is 9.96. The predicted molar refractivity (Wildman–Crippen MR) is 53.1 cm³/mol. The Hall–Kier alpha value is -1.34. The minimum absolute atomic E-state index is 0. The minimum Gasteiger partial charge on any atom is -0.479 e. The summed E-state index contributed by atoms with van der Waals surface area (Å²) in [6, 6.07) is 0. The van der Waals surface area contributed by atoms with Crippen molar-refractivity contribution in [1.29, 1.82) is 0 Å². The Bertz CT molecular complexity index is 258. The van der Waals surface area contributed by atoms with Gasteiger partial charge in [0, 0.05) is 0 Å². The Morgan fingerprint density at radius 3 is 1.56 bits per heavy atom. The van der Waals surface area contributed by atoms with Crippen LogP contribution in [0.3, 0.4) is 0 Å². The maximum atomic E-state index is 10.8. The fourth-order valence-electron chi connectivity index (χ4n) is 0.836. The highest BCUT2D eigenvalue weighted by Crippen LogP contribution is 2.17. The second kappa shape index (κ2) is 7.02. The molecule has 7 nitrogen and oxygen atoms in total. The van der Waals surface area contributed by atoms with Crippen molar-refractivity contribution in [2.45, 2.75) is 18.4 Å². The number of carboxylic acids is 1. The number of ether oxygens (including phenoxy) is 2. The lowest BCUT2D eigenvalue weighted by Gasteiger charge is -2.20. The van der Waals surface area contributed by atoms with Crippen molar-refractivity contribution in [1.82, 2.24) is 0 Å². The number of halogens is 1. The zero-order chi connectivity index (χ0) is 12.1. The monoisotopic (exact) mass is 256 g/mol. The van der Waals surface area contributed by atoms with Crippen LogP contribution < -0.4 is 0 Å². The molecule has 16 heavy (non-hydrogen) atoms. The number of carbonyl (C=O) groups is 3. The number of aliphatic hydroxyl groups is 1. The second-order valence-electron chi connectivity index (χ2n) is 2.84. The van der Waals surface area contributed by atoms with Crippen LogP contribution >= 0.6 is 12.4 Å². The number of carbonyl (C=O) groups excluding carboxylic acids is 2. The van der Waals surface area contributed by atoms with E-state index < -0.39 is 36.4 Å². The molecule has 0 aliphatic carbocycles. The molecule has 0 amide bonds. The van der Waals surface area contributed by atoms with Gasteiger partial charge in [0.05, 0.1) is 27.1 Å². The van der Waals surface area contributed by atoms with Gasteiger partial charge in [0.2, 0.25) is 0 Å². The summed E-state index contributed by atoms with van der Waals surface area (Å²) in [4.78, 5) is 32.3. The third-order valence-electron chi connectivity index (χ3n) is 1.73. The molecule has 94 valence electrons. The van der Waals surface area contributed by atoms with Crippen molar-refractivity contribution in [3.63, 3.8) is 0 Å². The van der Waals surface area contributed by atoms with Crippen LogP contribution in [0.5, 0.6) is 0 Å². The highest BCUT2D eigenvalue weighted by molar-refractivity contribution is 5.88. The Labute approximate surface area is 97.7 Å². The summed E-state index contributed by atoms with van der Waals surface area (Å²) in [5.41, 5.74) is -2.49. The fourth-order valence-corrected chi connectivity index (χ4v) is 0.836. The fraction of sp³-hybridized carbons (Fsp3) is 0.625. The van der Waals surface area contributed by atoms with Gasteiger partial charge >= 0.3 is 17.9 Å². The zero-order valence-electron chi connectivity index (χ0n) is 8.76. The summed E-state index contributed by atoms with van der Waals surface area (Å²) >= 11 is 0. The molecule has 0 fully saturated rings. The van der Waals surface area contributed by atoms with Crippen molar-refractivity contribution in [2.75, 3.05) is 14.2 Å². The topological polar surface area (TPSA) is 110 Å². The highest BCUT2D eigenvalue weighted by atomic mass is 35.5.